The lowest BCUT2D eigenvalue weighted by Gasteiger charge is -2.21. The Balaban J connectivity index is 1.89. The minimum absolute atomic E-state index is 0.117. The van der Waals surface area contributed by atoms with Gasteiger partial charge in [0.1, 0.15) is 4.83 Å². The molecule has 0 unspecified atom stereocenters. The zero-order chi connectivity index (χ0) is 17.4. The topological polar surface area (TPSA) is 38.1 Å². The third-order valence-corrected chi connectivity index (χ3v) is 6.54. The van der Waals surface area contributed by atoms with E-state index in [1.54, 1.807) is 23.1 Å². The van der Waals surface area contributed by atoms with Crippen molar-refractivity contribution >= 4 is 33.3 Å². The summed E-state index contributed by atoms with van der Waals surface area (Å²) in [5.41, 5.74) is 2.48. The maximum atomic E-state index is 13.3. The molecule has 0 bridgehead atoms. The summed E-state index contributed by atoms with van der Waals surface area (Å²) in [6.07, 6.45) is 0.939. The number of thiophene rings is 1. The number of fused-ring (bicyclic) bond motifs is 3. The van der Waals surface area contributed by atoms with E-state index in [9.17, 15) is 4.79 Å². The molecule has 1 aromatic carbocycles. The van der Waals surface area contributed by atoms with Crippen molar-refractivity contribution in [1.29, 1.82) is 0 Å². The minimum atomic E-state index is 0.117. The van der Waals surface area contributed by atoms with Gasteiger partial charge in [0.15, 0.2) is 5.16 Å². The number of hydrogen-bond acceptors (Lipinski definition) is 5. The van der Waals surface area contributed by atoms with Crippen molar-refractivity contribution < 1.29 is 0 Å². The molecule has 1 aliphatic heterocycles. The number of likely N-dealkylation sites (N-methyl/N-ethyl adjacent to an activating group) is 1. The largest absolute Gasteiger partial charge is 0.301 e. The molecule has 0 fully saturated rings. The van der Waals surface area contributed by atoms with Gasteiger partial charge in [0.25, 0.3) is 5.56 Å². The van der Waals surface area contributed by atoms with E-state index in [1.807, 2.05) is 22.8 Å². The second-order valence-electron chi connectivity index (χ2n) is 6.38. The first-order chi connectivity index (χ1) is 12.2. The first-order valence-electron chi connectivity index (χ1n) is 8.57. The van der Waals surface area contributed by atoms with E-state index in [2.05, 4.69) is 31.0 Å². The molecule has 130 valence electrons. The van der Waals surface area contributed by atoms with Gasteiger partial charge in [0.05, 0.1) is 11.9 Å². The molecule has 0 atom stereocenters. The highest BCUT2D eigenvalue weighted by atomic mass is 32.2. The normalized spacial score (nSPS) is 14.8. The van der Waals surface area contributed by atoms with E-state index in [4.69, 9.17) is 4.98 Å². The molecule has 1 aliphatic rings. The van der Waals surface area contributed by atoms with Crippen molar-refractivity contribution in [3.63, 3.8) is 0 Å². The molecule has 0 saturated heterocycles. The monoisotopic (exact) mass is 371 g/mol. The van der Waals surface area contributed by atoms with Crippen molar-refractivity contribution in [2.45, 2.75) is 31.6 Å². The minimum Gasteiger partial charge on any atom is -0.301 e. The number of hydrogen-bond donors (Lipinski definition) is 0. The third kappa shape index (κ3) is 3.14. The van der Waals surface area contributed by atoms with E-state index in [0.29, 0.717) is 6.54 Å². The fraction of sp³-hybridized carbons (Fsp3) is 0.368. The molecule has 0 amide bonds. The molecule has 0 aliphatic carbocycles. The van der Waals surface area contributed by atoms with Crippen LogP contribution in [0.4, 0.5) is 0 Å². The first kappa shape index (κ1) is 16.8. The predicted molar refractivity (Wildman–Crippen MR) is 106 cm³/mol. The lowest BCUT2D eigenvalue weighted by Crippen LogP contribution is -2.27. The highest BCUT2D eigenvalue weighted by molar-refractivity contribution is 7.99. The van der Waals surface area contributed by atoms with Gasteiger partial charge in [-0.15, -0.1) is 11.3 Å². The third-order valence-electron chi connectivity index (χ3n) is 4.57. The van der Waals surface area contributed by atoms with Gasteiger partial charge in [-0.25, -0.2) is 4.98 Å². The van der Waals surface area contributed by atoms with E-state index in [0.717, 1.165) is 46.2 Å². The van der Waals surface area contributed by atoms with E-state index >= 15 is 0 Å². The number of nitrogens with zero attached hydrogens (tertiary/aromatic N) is 3. The molecule has 4 nitrogen and oxygen atoms in total. The van der Waals surface area contributed by atoms with Gasteiger partial charge in [-0.2, -0.15) is 0 Å². The van der Waals surface area contributed by atoms with Crippen LogP contribution < -0.4 is 5.56 Å². The second-order valence-corrected chi connectivity index (χ2v) is 8.69. The summed E-state index contributed by atoms with van der Waals surface area (Å²) in [5, 5.41) is 1.68. The Kier molecular flexibility index (Phi) is 4.67. The van der Waals surface area contributed by atoms with Crippen LogP contribution in [0.3, 0.4) is 0 Å². The average molecular weight is 372 g/mol. The van der Waals surface area contributed by atoms with Crippen LogP contribution in [0.5, 0.6) is 0 Å². The van der Waals surface area contributed by atoms with Crippen molar-refractivity contribution in [2.24, 2.45) is 0 Å². The summed E-state index contributed by atoms with van der Waals surface area (Å²) in [6, 6.07) is 10.2. The molecule has 4 rings (SSSR count). The number of rotatable bonds is 4. The van der Waals surface area contributed by atoms with Crippen LogP contribution in [0.15, 0.2) is 40.3 Å². The molecular weight excluding hydrogens is 350 g/mol. The molecule has 3 heterocycles. The van der Waals surface area contributed by atoms with Gasteiger partial charge >= 0.3 is 0 Å². The summed E-state index contributed by atoms with van der Waals surface area (Å²) in [4.78, 5) is 22.7. The maximum absolute atomic E-state index is 13.3. The summed E-state index contributed by atoms with van der Waals surface area (Å²) in [6.45, 7) is 4.60. The van der Waals surface area contributed by atoms with Gasteiger partial charge < -0.3 is 4.90 Å². The van der Waals surface area contributed by atoms with Crippen molar-refractivity contribution in [3.05, 3.63) is 56.7 Å². The standard InChI is InChI=1S/C19H21N3OS2/c1-3-24-19-20-17-16(14-9-10-21(2)12-15(14)25-17)18(23)22(19)11-13-7-5-4-6-8-13/h4-8H,3,9-12H2,1-2H3. The maximum Gasteiger partial charge on any atom is 0.263 e. The molecule has 2 aromatic heterocycles. The summed E-state index contributed by atoms with van der Waals surface area (Å²) < 4.78 is 1.86. The van der Waals surface area contributed by atoms with Crippen molar-refractivity contribution in [1.82, 2.24) is 14.5 Å². The molecular formula is C19H21N3OS2. The van der Waals surface area contributed by atoms with Gasteiger partial charge in [0, 0.05) is 18.0 Å². The molecule has 0 N–H and O–H groups in total. The van der Waals surface area contributed by atoms with Crippen LogP contribution in [0.25, 0.3) is 10.2 Å². The van der Waals surface area contributed by atoms with Gasteiger partial charge in [0.2, 0.25) is 0 Å². The lowest BCUT2D eigenvalue weighted by atomic mass is 10.1. The van der Waals surface area contributed by atoms with Crippen LogP contribution in [-0.2, 0) is 19.5 Å². The Morgan fingerprint density at radius 2 is 2.08 bits per heavy atom. The zero-order valence-electron chi connectivity index (χ0n) is 14.5. The molecule has 0 spiro atoms. The Morgan fingerprint density at radius 3 is 2.84 bits per heavy atom. The summed E-state index contributed by atoms with van der Waals surface area (Å²) in [5.74, 6) is 0.903. The second kappa shape index (κ2) is 6.94. The summed E-state index contributed by atoms with van der Waals surface area (Å²) in [7, 11) is 2.13. The van der Waals surface area contributed by atoms with E-state index < -0.39 is 0 Å². The fourth-order valence-electron chi connectivity index (χ4n) is 3.33. The highest BCUT2D eigenvalue weighted by Crippen LogP contribution is 2.33. The fourth-order valence-corrected chi connectivity index (χ4v) is 5.40. The molecule has 0 saturated carbocycles. The van der Waals surface area contributed by atoms with Crippen LogP contribution >= 0.6 is 23.1 Å². The Labute approximate surface area is 155 Å². The zero-order valence-corrected chi connectivity index (χ0v) is 16.1. The van der Waals surface area contributed by atoms with Crippen molar-refractivity contribution in [3.8, 4) is 0 Å². The summed E-state index contributed by atoms with van der Waals surface area (Å²) >= 11 is 3.34. The quantitative estimate of drug-likeness (QED) is 0.519. The molecule has 0 radical (unpaired) electrons. The number of thioether (sulfide) groups is 1. The molecule has 6 heteroatoms. The molecule has 3 aromatic rings. The van der Waals surface area contributed by atoms with Crippen LogP contribution in [0.1, 0.15) is 22.9 Å². The smallest absolute Gasteiger partial charge is 0.263 e. The van der Waals surface area contributed by atoms with Crippen LogP contribution in [-0.4, -0.2) is 33.8 Å². The highest BCUT2D eigenvalue weighted by Gasteiger charge is 2.23. The lowest BCUT2D eigenvalue weighted by molar-refractivity contribution is 0.318. The van der Waals surface area contributed by atoms with Crippen LogP contribution in [0.2, 0.25) is 0 Å². The Bertz CT molecular complexity index is 962. The molecule has 25 heavy (non-hydrogen) atoms. The number of benzene rings is 1. The Morgan fingerprint density at radius 1 is 1.28 bits per heavy atom. The Hall–Kier alpha value is -1.63. The first-order valence-corrected chi connectivity index (χ1v) is 10.4. The van der Waals surface area contributed by atoms with E-state index in [-0.39, 0.29) is 5.56 Å². The van der Waals surface area contributed by atoms with Crippen molar-refractivity contribution in [2.75, 3.05) is 19.3 Å². The predicted octanol–water partition coefficient (Wildman–Crippen LogP) is 3.61. The van der Waals surface area contributed by atoms with Gasteiger partial charge in [-0.1, -0.05) is 49.0 Å². The number of aromatic nitrogens is 2. The SMILES string of the molecule is CCSc1nc2sc3c(c2c(=O)n1Cc1ccccc1)CCN(C)C3. The van der Waals surface area contributed by atoms with Gasteiger partial charge in [-0.3, -0.25) is 9.36 Å². The van der Waals surface area contributed by atoms with E-state index in [1.165, 1.54) is 10.4 Å². The van der Waals surface area contributed by atoms with Gasteiger partial charge in [-0.05, 0) is 30.3 Å². The van der Waals surface area contributed by atoms with Crippen LogP contribution in [0, 0.1) is 0 Å². The average Bonchev–Trinajstić information content (AvgIpc) is 2.96.